The summed E-state index contributed by atoms with van der Waals surface area (Å²) in [7, 11) is 0. The number of hydrogen-bond acceptors (Lipinski definition) is 5. The SMILES string of the molecule is Cc1ccc(-n2c(-c3[c-]ccc4c3oc3nc5cccc(F)c5cc34)nc3ccccc32)c2sc3ccccc3c12.[2H]C([2H])([2H])c1c[c-]c(-c2cc[c]([Ge]([CH3])([CH3])[CH3])cn2)cc1.[Ir]. The molecule has 0 spiro atoms. The zero-order chi connectivity index (χ0) is 42.2. The molecular formula is C50H37FGeIrN4OS-2. The molecule has 0 saturated carbocycles. The number of imidazole rings is 1. The Morgan fingerprint density at radius 1 is 0.797 bits per heavy atom. The van der Waals surface area contributed by atoms with E-state index in [1.165, 1.54) is 42.3 Å². The predicted octanol–water partition coefficient (Wildman–Crippen LogP) is 13.2. The minimum atomic E-state index is -2.08. The monoisotopic (exact) mass is 1030 g/mol. The Bertz CT molecular complexity index is 3430. The number of halogens is 1. The standard InChI is InChI=1S/C35H19FN3OS.C15H18GeN.Ir/c1-19-16-17-29(33-31(19)21-8-2-5-15-30(21)41-33)39-28-14-4-3-12-27(28)37-34(39)22-10-6-9-20-23-18-24-25(36)11-7-13-26(24)38-35(23)40-32(20)22;1-12-5-7-13(8-6-12)15-10-9-14(11-17-15)16(2,3)4;/h2-9,11-18H,1H3;5-7,9-11H,1-4H3;/q2*-1;/i;1D3;. The van der Waals surface area contributed by atoms with Crippen LogP contribution in [0.1, 0.15) is 15.2 Å². The maximum atomic E-state index is 14.7. The molecule has 0 saturated heterocycles. The Labute approximate surface area is 365 Å². The topological polar surface area (TPSA) is 56.7 Å². The van der Waals surface area contributed by atoms with Gasteiger partial charge in [-0.25, -0.2) is 9.37 Å². The number of rotatable bonds is 4. The van der Waals surface area contributed by atoms with Crippen molar-refractivity contribution >= 4 is 93.2 Å². The second-order valence-electron chi connectivity index (χ2n) is 15.5. The van der Waals surface area contributed by atoms with Crippen LogP contribution in [0.3, 0.4) is 0 Å². The molecule has 0 fully saturated rings. The summed E-state index contributed by atoms with van der Waals surface area (Å²) in [6.07, 6.45) is 1.95. The molecule has 6 aromatic carbocycles. The van der Waals surface area contributed by atoms with Gasteiger partial charge in [-0.3, -0.25) is 4.98 Å². The van der Waals surface area contributed by atoms with Gasteiger partial charge in [-0.1, -0.05) is 53.4 Å². The molecule has 5 aromatic heterocycles. The van der Waals surface area contributed by atoms with Crippen molar-refractivity contribution in [3.8, 4) is 28.3 Å². The second kappa shape index (κ2) is 15.3. The molecule has 5 nitrogen and oxygen atoms in total. The molecule has 5 heterocycles. The van der Waals surface area contributed by atoms with Crippen LogP contribution < -0.4 is 4.40 Å². The molecular weight excluding hydrogens is 988 g/mol. The Balaban J connectivity index is 0.000000198. The molecule has 1 radical (unpaired) electrons. The second-order valence-corrected chi connectivity index (χ2v) is 27.2. The summed E-state index contributed by atoms with van der Waals surface area (Å²) in [4.78, 5) is 14.3. The van der Waals surface area contributed by atoms with E-state index in [4.69, 9.17) is 13.5 Å². The summed E-state index contributed by atoms with van der Waals surface area (Å²) >= 11 is -0.0355. The average Bonchev–Trinajstić information content (AvgIpc) is 3.95. The first-order chi connectivity index (χ1) is 29.3. The molecule has 0 aliphatic carbocycles. The number of aromatic nitrogens is 4. The number of hydrogen-bond donors (Lipinski definition) is 0. The van der Waals surface area contributed by atoms with Crippen molar-refractivity contribution in [2.45, 2.75) is 31.0 Å². The van der Waals surface area contributed by atoms with Crippen LogP contribution in [-0.2, 0) is 20.1 Å². The summed E-state index contributed by atoms with van der Waals surface area (Å²) in [6.45, 7) is 0.0903. The summed E-state index contributed by atoms with van der Waals surface area (Å²) < 4.78 is 49.2. The Kier molecular flexibility index (Phi) is 9.17. The molecule has 11 rings (SSSR count). The van der Waals surface area contributed by atoms with Crippen molar-refractivity contribution in [2.75, 3.05) is 0 Å². The van der Waals surface area contributed by atoms with Crippen molar-refractivity contribution < 1.29 is 33.0 Å². The van der Waals surface area contributed by atoms with Crippen LogP contribution in [-0.4, -0.2) is 32.8 Å². The van der Waals surface area contributed by atoms with Gasteiger partial charge < -0.3 is 8.98 Å². The van der Waals surface area contributed by atoms with Crippen LogP contribution in [0.2, 0.25) is 17.3 Å². The van der Waals surface area contributed by atoms with E-state index in [9.17, 15) is 4.39 Å². The quantitative estimate of drug-likeness (QED) is 0.130. The summed E-state index contributed by atoms with van der Waals surface area (Å²) in [5.41, 5.74) is 8.52. The fourth-order valence-electron chi connectivity index (χ4n) is 7.65. The minimum Gasteiger partial charge on any atom is 0 e. The zero-order valence-corrected chi connectivity index (χ0v) is 37.8. The summed E-state index contributed by atoms with van der Waals surface area (Å²) in [5, 5.41) is 4.60. The molecule has 0 N–H and O–H groups in total. The Morgan fingerprint density at radius 2 is 1.63 bits per heavy atom. The maximum absolute atomic E-state index is 14.7. The van der Waals surface area contributed by atoms with Gasteiger partial charge in [0.25, 0.3) is 0 Å². The van der Waals surface area contributed by atoms with Gasteiger partial charge in [0.1, 0.15) is 5.82 Å². The van der Waals surface area contributed by atoms with Gasteiger partial charge in [0.15, 0.2) is 0 Å². The van der Waals surface area contributed by atoms with E-state index in [-0.39, 0.29) is 25.9 Å². The van der Waals surface area contributed by atoms with Crippen molar-refractivity contribution in [3.05, 3.63) is 163 Å². The number of fused-ring (bicyclic) bond motifs is 8. The molecule has 291 valence electrons. The molecule has 59 heavy (non-hydrogen) atoms. The van der Waals surface area contributed by atoms with Crippen LogP contribution in [0, 0.1) is 31.7 Å². The Hall–Kier alpha value is -5.51. The number of benzene rings is 6. The van der Waals surface area contributed by atoms with Crippen molar-refractivity contribution in [3.63, 3.8) is 0 Å². The minimum absolute atomic E-state index is 0. The van der Waals surface area contributed by atoms with Crippen molar-refractivity contribution in [1.29, 1.82) is 0 Å². The third kappa shape index (κ3) is 6.88. The van der Waals surface area contributed by atoms with E-state index in [0.717, 1.165) is 50.1 Å². The van der Waals surface area contributed by atoms with Gasteiger partial charge >= 0.3 is 110 Å². The fraction of sp³-hybridized carbons (Fsp3) is 0.100. The number of nitrogens with zero attached hydrogens (tertiary/aromatic N) is 4. The first-order valence-corrected chi connectivity index (χ1v) is 27.2. The number of aryl methyl sites for hydroxylation is 2. The number of pyridine rings is 2. The smallest absolute Gasteiger partial charge is 0 e. The van der Waals surface area contributed by atoms with Crippen molar-refractivity contribution in [2.24, 2.45) is 0 Å². The number of para-hydroxylation sites is 2. The van der Waals surface area contributed by atoms with Gasteiger partial charge in [0, 0.05) is 46.4 Å². The van der Waals surface area contributed by atoms with Crippen LogP contribution in [0.4, 0.5) is 4.39 Å². The molecule has 0 bridgehead atoms. The van der Waals surface area contributed by atoms with Crippen LogP contribution in [0.5, 0.6) is 0 Å². The molecule has 0 unspecified atom stereocenters. The molecule has 0 aliphatic rings. The van der Waals surface area contributed by atoms with E-state index >= 15 is 0 Å². The van der Waals surface area contributed by atoms with E-state index < -0.39 is 20.1 Å². The third-order valence-corrected chi connectivity index (χ3v) is 16.1. The van der Waals surface area contributed by atoms with Gasteiger partial charge in [-0.15, -0.1) is 29.5 Å². The maximum Gasteiger partial charge on any atom is 0 e. The van der Waals surface area contributed by atoms with Gasteiger partial charge in [0.2, 0.25) is 5.71 Å². The van der Waals surface area contributed by atoms with Crippen LogP contribution in [0.25, 0.3) is 92.5 Å². The van der Waals surface area contributed by atoms with E-state index in [1.54, 1.807) is 35.6 Å². The van der Waals surface area contributed by atoms with E-state index in [0.29, 0.717) is 27.8 Å². The van der Waals surface area contributed by atoms with Crippen LogP contribution in [0.15, 0.2) is 138 Å². The van der Waals surface area contributed by atoms with Crippen LogP contribution >= 0.6 is 11.3 Å². The van der Waals surface area contributed by atoms with Gasteiger partial charge in [0.05, 0.1) is 38.3 Å². The third-order valence-electron chi connectivity index (χ3n) is 10.7. The largest absolute Gasteiger partial charge is 0 e. The molecule has 0 aliphatic heterocycles. The first kappa shape index (κ1) is 35.4. The zero-order valence-electron chi connectivity index (χ0n) is 35.5. The van der Waals surface area contributed by atoms with Gasteiger partial charge in [-0.2, -0.15) is 0 Å². The predicted molar refractivity (Wildman–Crippen MR) is 242 cm³/mol. The normalized spacial score (nSPS) is 12.7. The fourth-order valence-corrected chi connectivity index (χ4v) is 11.1. The number of thiophene rings is 1. The summed E-state index contributed by atoms with van der Waals surface area (Å²) in [5.74, 6) is 7.41. The Morgan fingerprint density at radius 3 is 2.42 bits per heavy atom. The van der Waals surface area contributed by atoms with E-state index in [1.807, 2.05) is 48.7 Å². The summed E-state index contributed by atoms with van der Waals surface area (Å²) in [6, 6.07) is 47.1. The number of furan rings is 1. The average molecular weight is 1030 g/mol. The van der Waals surface area contributed by atoms with Gasteiger partial charge in [-0.05, 0) is 55.0 Å². The molecule has 11 aromatic rings. The molecule has 9 heteroatoms. The van der Waals surface area contributed by atoms with E-state index in [2.05, 4.69) is 99.4 Å². The van der Waals surface area contributed by atoms with Crippen molar-refractivity contribution in [1.82, 2.24) is 19.5 Å². The molecule has 0 atom stereocenters. The first-order valence-electron chi connectivity index (χ1n) is 20.5. The molecule has 0 amide bonds.